The highest BCUT2D eigenvalue weighted by Gasteiger charge is 2.34. The van der Waals surface area contributed by atoms with Crippen LogP contribution < -0.4 is 0 Å². The number of hydrogen-bond acceptors (Lipinski definition) is 3. The van der Waals surface area contributed by atoms with E-state index in [1.807, 2.05) is 18.7 Å². The topological polar surface area (TPSA) is 42.4 Å². The molecule has 1 aliphatic rings. The van der Waals surface area contributed by atoms with Gasteiger partial charge in [0.25, 0.3) is 5.91 Å². The minimum atomic E-state index is -0.237. The highest BCUT2D eigenvalue weighted by Crippen LogP contribution is 2.21. The average Bonchev–Trinajstić information content (AvgIpc) is 2.29. The lowest BCUT2D eigenvalue weighted by atomic mass is 10.0. The van der Waals surface area contributed by atoms with Crippen molar-refractivity contribution < 1.29 is 9.53 Å². The first kappa shape index (κ1) is 11.1. The van der Waals surface area contributed by atoms with Crippen molar-refractivity contribution in [3.8, 4) is 0 Å². The third-order valence-electron chi connectivity index (χ3n) is 2.82. The molecule has 0 N–H and O–H groups in total. The fourth-order valence-electron chi connectivity index (χ4n) is 1.89. The first-order chi connectivity index (χ1) is 7.61. The van der Waals surface area contributed by atoms with Crippen LogP contribution in [0, 0.1) is 0 Å². The molecule has 2 rings (SSSR count). The Labute approximate surface area is 95.2 Å². The number of morpholine rings is 1. The molecule has 4 heteroatoms. The Morgan fingerprint density at radius 1 is 1.44 bits per heavy atom. The molecule has 0 aromatic carbocycles. The van der Waals surface area contributed by atoms with E-state index in [4.69, 9.17) is 4.74 Å². The first-order valence-corrected chi connectivity index (χ1v) is 5.41. The van der Waals surface area contributed by atoms with Gasteiger partial charge in [0.1, 0.15) is 0 Å². The molecule has 1 amide bonds. The summed E-state index contributed by atoms with van der Waals surface area (Å²) in [6.45, 7) is 5.88. The predicted octanol–water partition coefficient (Wildman–Crippen LogP) is 1.33. The number of pyridine rings is 1. The Morgan fingerprint density at radius 3 is 2.75 bits per heavy atom. The maximum absolute atomic E-state index is 12.3. The van der Waals surface area contributed by atoms with E-state index in [2.05, 4.69) is 4.98 Å². The third-order valence-corrected chi connectivity index (χ3v) is 2.82. The summed E-state index contributed by atoms with van der Waals surface area (Å²) >= 11 is 0. The largest absolute Gasteiger partial charge is 0.377 e. The van der Waals surface area contributed by atoms with Gasteiger partial charge in [-0.05, 0) is 26.0 Å². The van der Waals surface area contributed by atoms with Crippen molar-refractivity contribution in [2.75, 3.05) is 19.8 Å². The zero-order valence-electron chi connectivity index (χ0n) is 9.64. The SMILES string of the molecule is CC1(C)COCCN1C(=O)c1ccncc1. The van der Waals surface area contributed by atoms with Gasteiger partial charge in [0.15, 0.2) is 0 Å². The van der Waals surface area contributed by atoms with Crippen molar-refractivity contribution in [1.82, 2.24) is 9.88 Å². The summed E-state index contributed by atoms with van der Waals surface area (Å²) in [6.07, 6.45) is 3.28. The molecule has 0 radical (unpaired) electrons. The summed E-state index contributed by atoms with van der Waals surface area (Å²) in [4.78, 5) is 18.0. The number of carbonyl (C=O) groups is 1. The summed E-state index contributed by atoms with van der Waals surface area (Å²) in [5.41, 5.74) is 0.448. The van der Waals surface area contributed by atoms with E-state index in [0.29, 0.717) is 25.3 Å². The number of ether oxygens (including phenoxy) is 1. The zero-order chi connectivity index (χ0) is 11.6. The molecule has 1 aromatic heterocycles. The highest BCUT2D eigenvalue weighted by atomic mass is 16.5. The van der Waals surface area contributed by atoms with E-state index in [-0.39, 0.29) is 11.4 Å². The van der Waals surface area contributed by atoms with Gasteiger partial charge in [-0.2, -0.15) is 0 Å². The van der Waals surface area contributed by atoms with Crippen LogP contribution in [0.25, 0.3) is 0 Å². The van der Waals surface area contributed by atoms with Gasteiger partial charge in [0, 0.05) is 24.5 Å². The van der Waals surface area contributed by atoms with Gasteiger partial charge < -0.3 is 9.64 Å². The molecule has 1 saturated heterocycles. The molecule has 1 aliphatic heterocycles. The van der Waals surface area contributed by atoms with E-state index >= 15 is 0 Å². The number of carbonyl (C=O) groups excluding carboxylic acids is 1. The molecule has 1 aromatic rings. The van der Waals surface area contributed by atoms with Crippen LogP contribution in [0.4, 0.5) is 0 Å². The number of amides is 1. The second-order valence-electron chi connectivity index (χ2n) is 4.56. The van der Waals surface area contributed by atoms with E-state index in [1.165, 1.54) is 0 Å². The molecule has 4 nitrogen and oxygen atoms in total. The van der Waals surface area contributed by atoms with E-state index in [1.54, 1.807) is 24.5 Å². The van der Waals surface area contributed by atoms with Gasteiger partial charge in [-0.1, -0.05) is 0 Å². The van der Waals surface area contributed by atoms with Gasteiger partial charge in [-0.3, -0.25) is 9.78 Å². The molecule has 0 aliphatic carbocycles. The van der Waals surface area contributed by atoms with Crippen molar-refractivity contribution in [3.05, 3.63) is 30.1 Å². The second kappa shape index (κ2) is 4.22. The minimum Gasteiger partial charge on any atom is -0.377 e. The fraction of sp³-hybridized carbons (Fsp3) is 0.500. The van der Waals surface area contributed by atoms with Crippen LogP contribution in [-0.4, -0.2) is 41.1 Å². The number of hydrogen-bond donors (Lipinski definition) is 0. The molecule has 0 atom stereocenters. The van der Waals surface area contributed by atoms with Gasteiger partial charge in [-0.25, -0.2) is 0 Å². The number of aromatic nitrogens is 1. The Bertz CT molecular complexity index is 376. The van der Waals surface area contributed by atoms with Crippen LogP contribution in [-0.2, 0) is 4.74 Å². The quantitative estimate of drug-likeness (QED) is 0.717. The molecule has 0 saturated carbocycles. The smallest absolute Gasteiger partial charge is 0.254 e. The van der Waals surface area contributed by atoms with Crippen molar-refractivity contribution in [2.24, 2.45) is 0 Å². The normalized spacial score (nSPS) is 19.5. The maximum atomic E-state index is 12.3. The lowest BCUT2D eigenvalue weighted by Gasteiger charge is -2.42. The molecular formula is C12H16N2O2. The zero-order valence-corrected chi connectivity index (χ0v) is 9.64. The number of rotatable bonds is 1. The first-order valence-electron chi connectivity index (χ1n) is 5.41. The van der Waals surface area contributed by atoms with E-state index in [0.717, 1.165) is 0 Å². The molecular weight excluding hydrogens is 204 g/mol. The van der Waals surface area contributed by atoms with Crippen LogP contribution in [0.15, 0.2) is 24.5 Å². The molecule has 86 valence electrons. The van der Waals surface area contributed by atoms with Gasteiger partial charge in [0.05, 0.1) is 18.8 Å². The van der Waals surface area contributed by atoms with Crippen molar-refractivity contribution in [3.63, 3.8) is 0 Å². The minimum absolute atomic E-state index is 0.0516. The van der Waals surface area contributed by atoms with Crippen LogP contribution in [0.5, 0.6) is 0 Å². The second-order valence-corrected chi connectivity index (χ2v) is 4.56. The monoisotopic (exact) mass is 220 g/mol. The molecule has 0 unspecified atom stereocenters. The standard InChI is InChI=1S/C12H16N2O2/c1-12(2)9-16-8-7-14(12)11(15)10-3-5-13-6-4-10/h3-6H,7-9H2,1-2H3. The molecule has 0 bridgehead atoms. The Kier molecular flexibility index (Phi) is 2.92. The van der Waals surface area contributed by atoms with Crippen LogP contribution in [0.1, 0.15) is 24.2 Å². The molecule has 0 spiro atoms. The van der Waals surface area contributed by atoms with Crippen LogP contribution in [0.3, 0.4) is 0 Å². The molecule has 16 heavy (non-hydrogen) atoms. The third kappa shape index (κ3) is 2.07. The van der Waals surface area contributed by atoms with Crippen molar-refractivity contribution in [1.29, 1.82) is 0 Å². The Hall–Kier alpha value is -1.42. The van der Waals surface area contributed by atoms with Gasteiger partial charge in [-0.15, -0.1) is 0 Å². The summed E-state index contributed by atoms with van der Waals surface area (Å²) in [7, 11) is 0. The van der Waals surface area contributed by atoms with Crippen molar-refractivity contribution >= 4 is 5.91 Å². The predicted molar refractivity (Wildman–Crippen MR) is 60.2 cm³/mol. The van der Waals surface area contributed by atoms with Gasteiger partial charge in [0.2, 0.25) is 0 Å². The summed E-state index contributed by atoms with van der Waals surface area (Å²) < 4.78 is 5.39. The lowest BCUT2D eigenvalue weighted by Crippen LogP contribution is -2.55. The van der Waals surface area contributed by atoms with Crippen molar-refractivity contribution in [2.45, 2.75) is 19.4 Å². The average molecular weight is 220 g/mol. The summed E-state index contributed by atoms with van der Waals surface area (Å²) in [6, 6.07) is 3.49. The molecule has 1 fully saturated rings. The maximum Gasteiger partial charge on any atom is 0.254 e. The Balaban J connectivity index is 2.21. The summed E-state index contributed by atoms with van der Waals surface area (Å²) in [5.74, 6) is 0.0516. The summed E-state index contributed by atoms with van der Waals surface area (Å²) in [5, 5.41) is 0. The lowest BCUT2D eigenvalue weighted by molar-refractivity contribution is -0.0370. The van der Waals surface area contributed by atoms with Crippen LogP contribution in [0.2, 0.25) is 0 Å². The molecule has 2 heterocycles. The Morgan fingerprint density at radius 2 is 2.12 bits per heavy atom. The fourth-order valence-corrected chi connectivity index (χ4v) is 1.89. The van der Waals surface area contributed by atoms with Gasteiger partial charge >= 0.3 is 0 Å². The highest BCUT2D eigenvalue weighted by molar-refractivity contribution is 5.94. The van der Waals surface area contributed by atoms with Crippen LogP contribution >= 0.6 is 0 Å². The van der Waals surface area contributed by atoms with E-state index in [9.17, 15) is 4.79 Å². The van der Waals surface area contributed by atoms with E-state index < -0.39 is 0 Å². The number of nitrogens with zero attached hydrogens (tertiary/aromatic N) is 2.